The van der Waals surface area contributed by atoms with E-state index in [1.807, 2.05) is 0 Å². The summed E-state index contributed by atoms with van der Waals surface area (Å²) in [5, 5.41) is 0. The van der Waals surface area contributed by atoms with Crippen molar-refractivity contribution in [2.45, 2.75) is 51.4 Å². The second-order valence-corrected chi connectivity index (χ2v) is 18.5. The molecule has 22 heavy (non-hydrogen) atoms. The molecule has 0 radical (unpaired) electrons. The van der Waals surface area contributed by atoms with Crippen LogP contribution >= 0.6 is 0 Å². The summed E-state index contributed by atoms with van der Waals surface area (Å²) in [6.07, 6.45) is 3.32. The fourth-order valence-electron chi connectivity index (χ4n) is 3.06. The number of nitrogens with zero attached hydrogens (tertiary/aromatic N) is 1. The van der Waals surface area contributed by atoms with E-state index in [4.69, 9.17) is 4.98 Å². The van der Waals surface area contributed by atoms with E-state index in [-0.39, 0.29) is 0 Å². The van der Waals surface area contributed by atoms with Gasteiger partial charge in [0.15, 0.2) is 0 Å². The fourth-order valence-corrected chi connectivity index (χ4v) is 6.40. The monoisotopic (exact) mass is 357 g/mol. The maximum atomic E-state index is 4.81. The van der Waals surface area contributed by atoms with Gasteiger partial charge < -0.3 is 0 Å². The molecule has 0 saturated heterocycles. The molecular formula is C20H29GeN. The average Bonchev–Trinajstić information content (AvgIpc) is 2.35. The number of aromatic nitrogens is 1. The van der Waals surface area contributed by atoms with Crippen molar-refractivity contribution < 1.29 is 0 Å². The van der Waals surface area contributed by atoms with E-state index in [1.54, 1.807) is 4.40 Å². The van der Waals surface area contributed by atoms with Gasteiger partial charge in [-0.1, -0.05) is 0 Å². The van der Waals surface area contributed by atoms with Crippen molar-refractivity contribution >= 4 is 17.7 Å². The number of aryl methyl sites for hydroxylation is 2. The first-order chi connectivity index (χ1) is 10.2. The van der Waals surface area contributed by atoms with Crippen LogP contribution in [0.5, 0.6) is 0 Å². The maximum absolute atomic E-state index is 4.81. The van der Waals surface area contributed by atoms with E-state index in [0.29, 0.717) is 5.92 Å². The summed E-state index contributed by atoms with van der Waals surface area (Å²) < 4.78 is 1.56. The number of benzene rings is 1. The van der Waals surface area contributed by atoms with Crippen LogP contribution in [0.25, 0.3) is 11.3 Å². The van der Waals surface area contributed by atoms with Crippen LogP contribution in [-0.4, -0.2) is 18.3 Å². The molecule has 1 nitrogen and oxygen atoms in total. The van der Waals surface area contributed by atoms with E-state index in [1.165, 1.54) is 22.3 Å². The van der Waals surface area contributed by atoms with Crippen LogP contribution in [0, 0.1) is 19.8 Å². The van der Waals surface area contributed by atoms with Crippen LogP contribution in [-0.2, 0) is 6.42 Å². The van der Waals surface area contributed by atoms with Gasteiger partial charge in [0, 0.05) is 0 Å². The molecule has 0 spiro atoms. The molecule has 2 heteroatoms. The van der Waals surface area contributed by atoms with Crippen molar-refractivity contribution in [3.05, 3.63) is 47.2 Å². The Hall–Kier alpha value is -1.09. The minimum absolute atomic E-state index is 0.679. The summed E-state index contributed by atoms with van der Waals surface area (Å²) in [4.78, 5) is 4.81. The number of hydrogen-bond acceptors (Lipinski definition) is 1. The van der Waals surface area contributed by atoms with Gasteiger partial charge in [-0.15, -0.1) is 0 Å². The molecule has 0 aliphatic rings. The summed E-state index contributed by atoms with van der Waals surface area (Å²) in [7, 11) is 0. The van der Waals surface area contributed by atoms with Crippen LogP contribution in [0.2, 0.25) is 17.3 Å². The van der Waals surface area contributed by atoms with Crippen LogP contribution < -0.4 is 4.40 Å². The molecule has 0 unspecified atom stereocenters. The summed E-state index contributed by atoms with van der Waals surface area (Å²) in [5.41, 5.74) is 6.50. The quantitative estimate of drug-likeness (QED) is 0.694. The third-order valence-electron chi connectivity index (χ3n) is 3.94. The molecular weight excluding hydrogens is 327 g/mol. The number of pyridine rings is 1. The molecule has 0 N–H and O–H groups in total. The zero-order valence-electron chi connectivity index (χ0n) is 15.1. The molecule has 1 heterocycles. The molecule has 118 valence electrons. The third kappa shape index (κ3) is 4.22. The first-order valence-corrected chi connectivity index (χ1v) is 15.6. The van der Waals surface area contributed by atoms with Gasteiger partial charge in [-0.3, -0.25) is 0 Å². The van der Waals surface area contributed by atoms with Crippen LogP contribution in [0.1, 0.15) is 30.5 Å². The van der Waals surface area contributed by atoms with Gasteiger partial charge in [-0.05, 0) is 0 Å². The Morgan fingerprint density at radius 3 is 2.05 bits per heavy atom. The van der Waals surface area contributed by atoms with Crippen LogP contribution in [0.15, 0.2) is 30.5 Å². The molecule has 2 rings (SSSR count). The number of rotatable bonds is 4. The first-order valence-electron chi connectivity index (χ1n) is 8.25. The van der Waals surface area contributed by atoms with E-state index in [0.717, 1.165) is 12.1 Å². The molecule has 0 fully saturated rings. The Morgan fingerprint density at radius 2 is 1.55 bits per heavy atom. The van der Waals surface area contributed by atoms with E-state index < -0.39 is 13.3 Å². The van der Waals surface area contributed by atoms with Gasteiger partial charge >= 0.3 is 138 Å². The molecule has 1 aromatic heterocycles. The van der Waals surface area contributed by atoms with Crippen LogP contribution in [0.4, 0.5) is 0 Å². The normalized spacial score (nSPS) is 12.0. The third-order valence-corrected chi connectivity index (χ3v) is 8.28. The molecule has 0 atom stereocenters. The molecule has 0 bridgehead atoms. The molecule has 2 aromatic rings. The Kier molecular flexibility index (Phi) is 5.16. The van der Waals surface area contributed by atoms with Crippen molar-refractivity contribution in [2.24, 2.45) is 5.92 Å². The number of hydrogen-bond donors (Lipinski definition) is 0. The standard InChI is InChI=1S/C20H29GeN/c1-14(2)8-17-12-20(22-13-19(17)21(5,6)7)18-10-15(3)9-16(4)11-18/h9-14H,8H2,1-7H3. The van der Waals surface area contributed by atoms with Crippen molar-refractivity contribution in [1.82, 2.24) is 4.98 Å². The summed E-state index contributed by atoms with van der Waals surface area (Å²) in [6, 6.07) is 9.05. The van der Waals surface area contributed by atoms with Crippen molar-refractivity contribution in [1.29, 1.82) is 0 Å². The fraction of sp³-hybridized carbons (Fsp3) is 0.450. The Labute approximate surface area is 138 Å². The average molecular weight is 356 g/mol. The van der Waals surface area contributed by atoms with Gasteiger partial charge in [0.25, 0.3) is 0 Å². The molecule has 1 aromatic carbocycles. The summed E-state index contributed by atoms with van der Waals surface area (Å²) in [5.74, 6) is 8.05. The SMILES string of the molecule is Cc1cc(C)cc(-c2cc(CC(C)C)[c]([Ge]([CH3])([CH3])[CH3])cn2)c1. The van der Waals surface area contributed by atoms with Gasteiger partial charge in [0.05, 0.1) is 0 Å². The van der Waals surface area contributed by atoms with Gasteiger partial charge in [0.1, 0.15) is 0 Å². The van der Waals surface area contributed by atoms with E-state index in [2.05, 4.69) is 75.4 Å². The van der Waals surface area contributed by atoms with Gasteiger partial charge in [0.2, 0.25) is 0 Å². The topological polar surface area (TPSA) is 12.9 Å². The molecule has 0 saturated carbocycles. The van der Waals surface area contributed by atoms with Crippen molar-refractivity contribution in [3.63, 3.8) is 0 Å². The summed E-state index contributed by atoms with van der Waals surface area (Å²) >= 11 is -1.87. The van der Waals surface area contributed by atoms with E-state index in [9.17, 15) is 0 Å². The molecule has 0 amide bonds. The van der Waals surface area contributed by atoms with Crippen molar-refractivity contribution in [2.75, 3.05) is 0 Å². The molecule has 0 aliphatic carbocycles. The Bertz CT molecular complexity index is 646. The second-order valence-electron chi connectivity index (χ2n) is 7.95. The second kappa shape index (κ2) is 6.58. The Balaban J connectivity index is 2.55. The minimum atomic E-state index is -1.87. The predicted molar refractivity (Wildman–Crippen MR) is 101 cm³/mol. The van der Waals surface area contributed by atoms with Gasteiger partial charge in [-0.2, -0.15) is 0 Å². The molecule has 0 aliphatic heterocycles. The zero-order valence-corrected chi connectivity index (χ0v) is 17.2. The van der Waals surface area contributed by atoms with Crippen LogP contribution in [0.3, 0.4) is 0 Å². The van der Waals surface area contributed by atoms with E-state index >= 15 is 0 Å². The summed E-state index contributed by atoms with van der Waals surface area (Å²) in [6.45, 7) is 8.92. The predicted octanol–water partition coefficient (Wildman–Crippen LogP) is 5.11. The van der Waals surface area contributed by atoms with Gasteiger partial charge in [-0.25, -0.2) is 0 Å². The first kappa shape index (κ1) is 17.3. The zero-order chi connectivity index (χ0) is 16.5. The van der Waals surface area contributed by atoms with Crippen molar-refractivity contribution in [3.8, 4) is 11.3 Å². The Morgan fingerprint density at radius 1 is 0.955 bits per heavy atom.